The fourth-order valence-corrected chi connectivity index (χ4v) is 2.41. The largest absolute Gasteiger partial charge is 0.457 e. The SMILES string of the molecule is CC(N)Cc1ccccc1Oc1ccccc1C(C)(C)C. The van der Waals surface area contributed by atoms with Crippen LogP contribution >= 0.6 is 0 Å². The van der Waals surface area contributed by atoms with Gasteiger partial charge in [-0.05, 0) is 36.5 Å². The van der Waals surface area contributed by atoms with E-state index in [4.69, 9.17) is 10.5 Å². The zero-order chi connectivity index (χ0) is 15.5. The third-order valence-electron chi connectivity index (χ3n) is 3.43. The quantitative estimate of drug-likeness (QED) is 0.885. The predicted octanol–water partition coefficient (Wildman–Crippen LogP) is 4.67. The van der Waals surface area contributed by atoms with Gasteiger partial charge in [-0.25, -0.2) is 0 Å². The molecule has 0 spiro atoms. The number of benzene rings is 2. The fourth-order valence-electron chi connectivity index (χ4n) is 2.41. The molecule has 2 aromatic rings. The topological polar surface area (TPSA) is 35.2 Å². The minimum absolute atomic E-state index is 0.0483. The number of ether oxygens (including phenoxy) is 1. The Morgan fingerprint density at radius 3 is 2.14 bits per heavy atom. The summed E-state index contributed by atoms with van der Waals surface area (Å²) in [6, 6.07) is 16.5. The molecule has 2 aromatic carbocycles. The molecule has 0 saturated heterocycles. The van der Waals surface area contributed by atoms with E-state index in [1.165, 1.54) is 5.56 Å². The fraction of sp³-hybridized carbons (Fsp3) is 0.368. The first-order chi connectivity index (χ1) is 9.88. The summed E-state index contributed by atoms with van der Waals surface area (Å²) in [5.41, 5.74) is 8.34. The average molecular weight is 283 g/mol. The molecule has 2 rings (SSSR count). The smallest absolute Gasteiger partial charge is 0.131 e. The highest BCUT2D eigenvalue weighted by atomic mass is 16.5. The first-order valence-electron chi connectivity index (χ1n) is 7.49. The maximum absolute atomic E-state index is 6.21. The lowest BCUT2D eigenvalue weighted by atomic mass is 9.86. The van der Waals surface area contributed by atoms with Crippen LogP contribution in [0.1, 0.15) is 38.8 Å². The van der Waals surface area contributed by atoms with Gasteiger partial charge in [0.05, 0.1) is 0 Å². The van der Waals surface area contributed by atoms with Gasteiger partial charge in [0.2, 0.25) is 0 Å². The van der Waals surface area contributed by atoms with E-state index in [-0.39, 0.29) is 11.5 Å². The van der Waals surface area contributed by atoms with Gasteiger partial charge in [0, 0.05) is 11.6 Å². The molecule has 1 unspecified atom stereocenters. The van der Waals surface area contributed by atoms with E-state index >= 15 is 0 Å². The standard InChI is InChI=1S/C19H25NO/c1-14(20)13-15-9-5-7-11-17(15)21-18-12-8-6-10-16(18)19(2,3)4/h5-12,14H,13,20H2,1-4H3. The van der Waals surface area contributed by atoms with Crippen molar-refractivity contribution in [3.05, 3.63) is 59.7 Å². The molecule has 0 saturated carbocycles. The molecule has 2 nitrogen and oxygen atoms in total. The Morgan fingerprint density at radius 2 is 1.52 bits per heavy atom. The number of para-hydroxylation sites is 2. The molecule has 0 aromatic heterocycles. The third-order valence-corrected chi connectivity index (χ3v) is 3.43. The summed E-state index contributed by atoms with van der Waals surface area (Å²) in [6.45, 7) is 8.61. The van der Waals surface area contributed by atoms with Crippen LogP contribution in [-0.4, -0.2) is 6.04 Å². The maximum atomic E-state index is 6.21. The summed E-state index contributed by atoms with van der Waals surface area (Å²) in [4.78, 5) is 0. The molecule has 2 N–H and O–H groups in total. The van der Waals surface area contributed by atoms with E-state index in [0.29, 0.717) is 0 Å². The van der Waals surface area contributed by atoms with Crippen molar-refractivity contribution >= 4 is 0 Å². The molecule has 1 atom stereocenters. The number of nitrogens with two attached hydrogens (primary N) is 1. The van der Waals surface area contributed by atoms with Crippen molar-refractivity contribution in [1.29, 1.82) is 0 Å². The Labute approximate surface area is 127 Å². The van der Waals surface area contributed by atoms with Crippen molar-refractivity contribution in [3.8, 4) is 11.5 Å². The summed E-state index contributed by atoms with van der Waals surface area (Å²) in [5, 5.41) is 0. The number of rotatable bonds is 4. The summed E-state index contributed by atoms with van der Waals surface area (Å²) < 4.78 is 6.21. The molecule has 0 bridgehead atoms. The van der Waals surface area contributed by atoms with Crippen LogP contribution in [0, 0.1) is 0 Å². The van der Waals surface area contributed by atoms with Gasteiger partial charge in [-0.2, -0.15) is 0 Å². The summed E-state index contributed by atoms with van der Waals surface area (Å²) >= 11 is 0. The van der Waals surface area contributed by atoms with E-state index in [1.807, 2.05) is 37.3 Å². The second-order valence-electron chi connectivity index (χ2n) is 6.64. The molecule has 2 heteroatoms. The van der Waals surface area contributed by atoms with Gasteiger partial charge in [0.15, 0.2) is 0 Å². The van der Waals surface area contributed by atoms with Gasteiger partial charge in [-0.1, -0.05) is 57.2 Å². The zero-order valence-electron chi connectivity index (χ0n) is 13.4. The second kappa shape index (κ2) is 6.31. The van der Waals surface area contributed by atoms with Gasteiger partial charge in [-0.3, -0.25) is 0 Å². The Bertz CT molecular complexity index is 597. The number of hydrogen-bond donors (Lipinski definition) is 1. The molecule has 0 fully saturated rings. The molecular weight excluding hydrogens is 258 g/mol. The lowest BCUT2D eigenvalue weighted by Gasteiger charge is -2.23. The van der Waals surface area contributed by atoms with E-state index in [9.17, 15) is 0 Å². The molecule has 0 aliphatic heterocycles. The van der Waals surface area contributed by atoms with Crippen molar-refractivity contribution in [2.24, 2.45) is 5.73 Å². The average Bonchev–Trinajstić information content (AvgIpc) is 2.40. The van der Waals surface area contributed by atoms with Crippen LogP contribution in [0.4, 0.5) is 0 Å². The first kappa shape index (κ1) is 15.6. The summed E-state index contributed by atoms with van der Waals surface area (Å²) in [6.07, 6.45) is 0.813. The van der Waals surface area contributed by atoms with Gasteiger partial charge in [-0.15, -0.1) is 0 Å². The lowest BCUT2D eigenvalue weighted by Crippen LogP contribution is -2.18. The van der Waals surface area contributed by atoms with E-state index in [1.54, 1.807) is 0 Å². The lowest BCUT2D eigenvalue weighted by molar-refractivity contribution is 0.449. The highest BCUT2D eigenvalue weighted by molar-refractivity contribution is 5.44. The van der Waals surface area contributed by atoms with Gasteiger partial charge in [0.1, 0.15) is 11.5 Å². The molecule has 0 heterocycles. The van der Waals surface area contributed by atoms with Crippen LogP contribution in [-0.2, 0) is 11.8 Å². The van der Waals surface area contributed by atoms with Crippen molar-refractivity contribution < 1.29 is 4.74 Å². The molecular formula is C19H25NO. The minimum atomic E-state index is 0.0483. The predicted molar refractivity (Wildman–Crippen MR) is 89.0 cm³/mol. The van der Waals surface area contributed by atoms with Crippen LogP contribution in [0.2, 0.25) is 0 Å². The van der Waals surface area contributed by atoms with E-state index < -0.39 is 0 Å². The van der Waals surface area contributed by atoms with Crippen molar-refractivity contribution in [2.75, 3.05) is 0 Å². The summed E-state index contributed by atoms with van der Waals surface area (Å²) in [5.74, 6) is 1.81. The molecule has 0 radical (unpaired) electrons. The van der Waals surface area contributed by atoms with Crippen molar-refractivity contribution in [2.45, 2.75) is 45.6 Å². The van der Waals surface area contributed by atoms with Crippen LogP contribution in [0.5, 0.6) is 11.5 Å². The Balaban J connectivity index is 2.35. The molecule has 112 valence electrons. The molecule has 21 heavy (non-hydrogen) atoms. The Morgan fingerprint density at radius 1 is 0.952 bits per heavy atom. The number of hydrogen-bond acceptors (Lipinski definition) is 2. The monoisotopic (exact) mass is 283 g/mol. The molecule has 0 aliphatic rings. The highest BCUT2D eigenvalue weighted by Crippen LogP contribution is 2.35. The van der Waals surface area contributed by atoms with Crippen LogP contribution in [0.3, 0.4) is 0 Å². The highest BCUT2D eigenvalue weighted by Gasteiger charge is 2.19. The van der Waals surface area contributed by atoms with Gasteiger partial charge in [0.25, 0.3) is 0 Å². The molecule has 0 aliphatic carbocycles. The van der Waals surface area contributed by atoms with Gasteiger partial charge < -0.3 is 10.5 Å². The zero-order valence-corrected chi connectivity index (χ0v) is 13.4. The van der Waals surface area contributed by atoms with E-state index in [0.717, 1.165) is 23.5 Å². The van der Waals surface area contributed by atoms with E-state index in [2.05, 4.69) is 39.0 Å². The maximum Gasteiger partial charge on any atom is 0.131 e. The normalized spacial score (nSPS) is 13.0. The Hall–Kier alpha value is -1.80. The van der Waals surface area contributed by atoms with Gasteiger partial charge >= 0.3 is 0 Å². The minimum Gasteiger partial charge on any atom is -0.457 e. The second-order valence-corrected chi connectivity index (χ2v) is 6.64. The van der Waals surface area contributed by atoms with Crippen LogP contribution in [0.15, 0.2) is 48.5 Å². The Kier molecular flexibility index (Phi) is 4.69. The first-order valence-corrected chi connectivity index (χ1v) is 7.49. The third kappa shape index (κ3) is 4.08. The molecule has 0 amide bonds. The van der Waals surface area contributed by atoms with Crippen LogP contribution < -0.4 is 10.5 Å². The van der Waals surface area contributed by atoms with Crippen molar-refractivity contribution in [3.63, 3.8) is 0 Å². The van der Waals surface area contributed by atoms with Crippen LogP contribution in [0.25, 0.3) is 0 Å². The summed E-state index contributed by atoms with van der Waals surface area (Å²) in [7, 11) is 0. The van der Waals surface area contributed by atoms with Crippen molar-refractivity contribution in [1.82, 2.24) is 0 Å².